The van der Waals surface area contributed by atoms with Crippen molar-refractivity contribution in [3.05, 3.63) is 81.4 Å². The van der Waals surface area contributed by atoms with Crippen molar-refractivity contribution < 1.29 is 9.90 Å². The lowest BCUT2D eigenvalue weighted by atomic mass is 9.86. The fourth-order valence-electron chi connectivity index (χ4n) is 3.22. The lowest BCUT2D eigenvalue weighted by Crippen LogP contribution is -2.29. The Kier molecular flexibility index (Phi) is 4.84. The van der Waals surface area contributed by atoms with E-state index in [4.69, 9.17) is 23.2 Å². The fraction of sp³-hybridized carbons (Fsp3) is 0.158. The summed E-state index contributed by atoms with van der Waals surface area (Å²) in [4.78, 5) is 18.0. The molecule has 6 heteroatoms. The van der Waals surface area contributed by atoms with Crippen LogP contribution in [-0.2, 0) is 4.79 Å². The molecule has 128 valence electrons. The highest BCUT2D eigenvalue weighted by Gasteiger charge is 2.33. The molecule has 4 nitrogen and oxygen atoms in total. The third-order valence-electron chi connectivity index (χ3n) is 4.24. The number of pyridine rings is 1. The second-order valence-electron chi connectivity index (χ2n) is 5.77. The first-order valence-electron chi connectivity index (χ1n) is 7.68. The van der Waals surface area contributed by atoms with Crippen LogP contribution in [0.15, 0.2) is 65.8 Å². The van der Waals surface area contributed by atoms with Gasteiger partial charge >= 0.3 is 5.97 Å². The van der Waals surface area contributed by atoms with Crippen LogP contribution < -0.4 is 4.90 Å². The van der Waals surface area contributed by atoms with Crippen LogP contribution in [0.1, 0.15) is 25.3 Å². The van der Waals surface area contributed by atoms with Crippen LogP contribution in [0.25, 0.3) is 0 Å². The summed E-state index contributed by atoms with van der Waals surface area (Å²) in [6.45, 7) is 3.71. The lowest BCUT2D eigenvalue weighted by molar-refractivity contribution is -0.132. The first-order chi connectivity index (χ1) is 11.9. The first-order valence-corrected chi connectivity index (χ1v) is 8.44. The number of hydrogen-bond donors (Lipinski definition) is 1. The van der Waals surface area contributed by atoms with Gasteiger partial charge in [-0.2, -0.15) is 0 Å². The highest BCUT2D eigenvalue weighted by molar-refractivity contribution is 6.36. The Morgan fingerprint density at radius 1 is 1.16 bits per heavy atom. The smallest absolute Gasteiger partial charge is 0.334 e. The largest absolute Gasteiger partial charge is 0.478 e. The van der Waals surface area contributed by atoms with Crippen molar-refractivity contribution in [1.29, 1.82) is 0 Å². The maximum absolute atomic E-state index is 12.0. The van der Waals surface area contributed by atoms with Crippen molar-refractivity contribution in [2.75, 3.05) is 4.90 Å². The number of rotatable bonds is 3. The summed E-state index contributed by atoms with van der Waals surface area (Å²) in [5.74, 6) is -1.53. The molecule has 0 spiro atoms. The molecule has 3 rings (SSSR count). The number of carboxylic acid groups (broad SMARTS) is 1. The molecule has 0 fully saturated rings. The van der Waals surface area contributed by atoms with Gasteiger partial charge in [0.2, 0.25) is 0 Å². The summed E-state index contributed by atoms with van der Waals surface area (Å²) < 4.78 is 0. The Balaban J connectivity index is 2.20. The van der Waals surface area contributed by atoms with E-state index < -0.39 is 11.9 Å². The van der Waals surface area contributed by atoms with Gasteiger partial charge in [0.25, 0.3) is 0 Å². The van der Waals surface area contributed by atoms with E-state index in [0.717, 1.165) is 11.4 Å². The molecule has 0 radical (unpaired) electrons. The van der Waals surface area contributed by atoms with E-state index in [9.17, 15) is 9.90 Å². The van der Waals surface area contributed by atoms with Crippen molar-refractivity contribution >= 4 is 34.9 Å². The number of benzene rings is 1. The minimum atomic E-state index is -1.00. The van der Waals surface area contributed by atoms with E-state index in [-0.39, 0.29) is 5.57 Å². The molecule has 0 saturated heterocycles. The van der Waals surface area contributed by atoms with Crippen molar-refractivity contribution in [1.82, 2.24) is 4.98 Å². The number of carboxylic acids is 1. The Hall–Kier alpha value is -2.30. The summed E-state index contributed by atoms with van der Waals surface area (Å²) in [7, 11) is 0. The third kappa shape index (κ3) is 3.15. The molecule has 0 aliphatic carbocycles. The van der Waals surface area contributed by atoms with Crippen LogP contribution in [0.2, 0.25) is 10.0 Å². The first kappa shape index (κ1) is 17.5. The van der Waals surface area contributed by atoms with Crippen molar-refractivity contribution in [2.24, 2.45) is 0 Å². The monoisotopic (exact) mass is 374 g/mol. The predicted molar refractivity (Wildman–Crippen MR) is 100 cm³/mol. The second-order valence-corrected chi connectivity index (χ2v) is 6.59. The number of aliphatic carboxylic acids is 1. The molecular weight excluding hydrogens is 359 g/mol. The summed E-state index contributed by atoms with van der Waals surface area (Å²) in [6.07, 6.45) is 5.25. The van der Waals surface area contributed by atoms with Crippen LogP contribution in [0.5, 0.6) is 0 Å². The molecule has 1 atom stereocenters. The number of halogens is 2. The Morgan fingerprint density at radius 2 is 1.84 bits per heavy atom. The van der Waals surface area contributed by atoms with Gasteiger partial charge < -0.3 is 10.0 Å². The van der Waals surface area contributed by atoms with Crippen molar-refractivity contribution in [3.8, 4) is 0 Å². The van der Waals surface area contributed by atoms with Gasteiger partial charge in [-0.1, -0.05) is 35.3 Å². The minimum absolute atomic E-state index is 0.240. The predicted octanol–water partition coefficient (Wildman–Crippen LogP) is 5.25. The molecule has 0 amide bonds. The van der Waals surface area contributed by atoms with Gasteiger partial charge in [0.05, 0.1) is 17.5 Å². The Labute approximate surface area is 156 Å². The average molecular weight is 375 g/mol. The van der Waals surface area contributed by atoms with Gasteiger partial charge in [-0.3, -0.25) is 4.98 Å². The van der Waals surface area contributed by atoms with Crippen LogP contribution in [-0.4, -0.2) is 16.1 Å². The third-order valence-corrected chi connectivity index (χ3v) is 4.90. The van der Waals surface area contributed by atoms with Gasteiger partial charge in [-0.05, 0) is 38.1 Å². The van der Waals surface area contributed by atoms with Crippen LogP contribution in [0.3, 0.4) is 0 Å². The average Bonchev–Trinajstić information content (AvgIpc) is 2.55. The quantitative estimate of drug-likeness (QED) is 0.796. The minimum Gasteiger partial charge on any atom is -0.478 e. The van der Waals surface area contributed by atoms with E-state index >= 15 is 0 Å². The molecule has 1 aromatic heterocycles. The van der Waals surface area contributed by atoms with E-state index in [1.54, 1.807) is 37.5 Å². The zero-order chi connectivity index (χ0) is 18.1. The highest BCUT2D eigenvalue weighted by atomic mass is 35.5. The number of hydrogen-bond acceptors (Lipinski definition) is 3. The molecule has 25 heavy (non-hydrogen) atoms. The molecule has 1 aliphatic rings. The van der Waals surface area contributed by atoms with Gasteiger partial charge in [0.1, 0.15) is 0 Å². The number of nitrogens with zero attached hydrogens (tertiary/aromatic N) is 2. The maximum Gasteiger partial charge on any atom is 0.334 e. The van der Waals surface area contributed by atoms with Gasteiger partial charge in [0.15, 0.2) is 0 Å². The molecule has 2 aromatic rings. The standard InChI is InChI=1S/C19H16Cl2N2O2/c1-11-9-14(18-15(20)6-3-7-16(18)21)17(19(24)25)12(2)23(11)13-5-4-8-22-10-13/h3-10,14H,1-2H3,(H,24,25). The van der Waals surface area contributed by atoms with E-state index in [1.165, 1.54) is 0 Å². The van der Waals surface area contributed by atoms with Crippen LogP contribution in [0.4, 0.5) is 5.69 Å². The summed E-state index contributed by atoms with van der Waals surface area (Å²) in [5.41, 5.74) is 3.14. The fourth-order valence-corrected chi connectivity index (χ4v) is 3.85. The van der Waals surface area contributed by atoms with E-state index in [1.807, 2.05) is 30.0 Å². The summed E-state index contributed by atoms with van der Waals surface area (Å²) in [5, 5.41) is 10.8. The highest BCUT2D eigenvalue weighted by Crippen LogP contribution is 2.43. The Bertz CT molecular complexity index is 871. The van der Waals surface area contributed by atoms with Gasteiger partial charge in [0, 0.05) is 39.1 Å². The molecular formula is C19H16Cl2N2O2. The molecule has 1 aliphatic heterocycles. The normalized spacial score (nSPS) is 17.5. The summed E-state index contributed by atoms with van der Waals surface area (Å²) in [6, 6.07) is 8.87. The summed E-state index contributed by atoms with van der Waals surface area (Å²) >= 11 is 12.7. The van der Waals surface area contributed by atoms with Crippen LogP contribution in [0, 0.1) is 0 Å². The molecule has 2 heterocycles. The second kappa shape index (κ2) is 6.90. The van der Waals surface area contributed by atoms with E-state index in [2.05, 4.69) is 4.98 Å². The molecule has 1 aromatic carbocycles. The molecule has 1 unspecified atom stereocenters. The SMILES string of the molecule is CC1=CC(c2c(Cl)cccc2Cl)C(C(=O)O)=C(C)N1c1cccnc1. The van der Waals surface area contributed by atoms with Gasteiger partial charge in [-0.25, -0.2) is 4.79 Å². The van der Waals surface area contributed by atoms with Gasteiger partial charge in [-0.15, -0.1) is 0 Å². The van der Waals surface area contributed by atoms with Crippen molar-refractivity contribution in [2.45, 2.75) is 19.8 Å². The number of aromatic nitrogens is 1. The van der Waals surface area contributed by atoms with E-state index in [0.29, 0.717) is 21.3 Å². The maximum atomic E-state index is 12.0. The zero-order valence-electron chi connectivity index (χ0n) is 13.7. The number of carbonyl (C=O) groups is 1. The molecule has 0 saturated carbocycles. The lowest BCUT2D eigenvalue weighted by Gasteiger charge is -2.34. The Morgan fingerprint density at radius 3 is 2.40 bits per heavy atom. The van der Waals surface area contributed by atoms with Crippen LogP contribution >= 0.6 is 23.2 Å². The molecule has 0 bridgehead atoms. The number of anilines is 1. The zero-order valence-corrected chi connectivity index (χ0v) is 15.2. The number of allylic oxidation sites excluding steroid dienone is 3. The molecule has 1 N–H and O–H groups in total. The van der Waals surface area contributed by atoms with Crippen molar-refractivity contribution in [3.63, 3.8) is 0 Å². The topological polar surface area (TPSA) is 53.4 Å².